The first-order chi connectivity index (χ1) is 8.15. The van der Waals surface area contributed by atoms with Crippen LogP contribution < -0.4 is 10.5 Å². The molecule has 0 aliphatic carbocycles. The molecule has 6 nitrogen and oxygen atoms in total. The van der Waals surface area contributed by atoms with Gasteiger partial charge >= 0.3 is 0 Å². The molecule has 2 aromatic rings. The van der Waals surface area contributed by atoms with Gasteiger partial charge in [-0.3, -0.25) is 0 Å². The number of hydrogen-bond acceptors (Lipinski definition) is 6. The minimum absolute atomic E-state index is 0.0722. The third kappa shape index (κ3) is 1.86. The highest BCUT2D eigenvalue weighted by Crippen LogP contribution is 2.35. The van der Waals surface area contributed by atoms with E-state index in [4.69, 9.17) is 20.3 Å². The summed E-state index contributed by atoms with van der Waals surface area (Å²) in [6.07, 6.45) is 0. The molecule has 6 heteroatoms. The zero-order valence-electron chi connectivity index (χ0n) is 8.97. The lowest BCUT2D eigenvalue weighted by Crippen LogP contribution is -1.89. The molecule has 86 valence electrons. The maximum absolute atomic E-state index is 9.79. The number of aromatic nitrogens is 1. The predicted octanol–water partition coefficient (Wildman–Crippen LogP) is 1.51. The van der Waals surface area contributed by atoms with Crippen LogP contribution in [0.3, 0.4) is 0 Å². The minimum atomic E-state index is -0.0722. The molecule has 1 heterocycles. The largest absolute Gasteiger partial charge is 0.507 e. The second-order valence-electron chi connectivity index (χ2n) is 3.30. The van der Waals surface area contributed by atoms with Gasteiger partial charge in [-0.1, -0.05) is 5.16 Å². The maximum Gasteiger partial charge on any atom is 0.172 e. The first-order valence-electron chi connectivity index (χ1n) is 4.69. The Balaban J connectivity index is 2.60. The van der Waals surface area contributed by atoms with Crippen LogP contribution in [0.2, 0.25) is 0 Å². The summed E-state index contributed by atoms with van der Waals surface area (Å²) in [5.41, 5.74) is 6.04. The number of ether oxygens (including phenoxy) is 1. The first-order valence-corrected chi connectivity index (χ1v) is 4.69. The van der Waals surface area contributed by atoms with Gasteiger partial charge in [-0.05, 0) is 6.07 Å². The zero-order chi connectivity index (χ0) is 12.4. The number of phenols is 1. The molecule has 2 rings (SSSR count). The average molecular weight is 231 g/mol. The van der Waals surface area contributed by atoms with Crippen molar-refractivity contribution in [1.29, 1.82) is 5.26 Å². The van der Waals surface area contributed by atoms with Crippen LogP contribution >= 0.6 is 0 Å². The molecule has 0 unspecified atom stereocenters. The molecule has 0 aliphatic rings. The highest BCUT2D eigenvalue weighted by molar-refractivity contribution is 5.71. The molecule has 0 spiro atoms. The van der Waals surface area contributed by atoms with Gasteiger partial charge in [0.25, 0.3) is 0 Å². The van der Waals surface area contributed by atoms with E-state index in [0.717, 1.165) is 0 Å². The Morgan fingerprint density at radius 1 is 1.47 bits per heavy atom. The number of nitrogens with zero attached hydrogens (tertiary/aromatic N) is 2. The van der Waals surface area contributed by atoms with Crippen LogP contribution in [-0.2, 0) is 0 Å². The molecule has 0 amide bonds. The number of anilines is 1. The van der Waals surface area contributed by atoms with E-state index in [2.05, 4.69) is 5.16 Å². The van der Waals surface area contributed by atoms with E-state index >= 15 is 0 Å². The molecular formula is C11H9N3O3. The topological polar surface area (TPSA) is 105 Å². The summed E-state index contributed by atoms with van der Waals surface area (Å²) in [5, 5.41) is 22.2. The Kier molecular flexibility index (Phi) is 2.58. The molecule has 1 aromatic carbocycles. The van der Waals surface area contributed by atoms with Crippen molar-refractivity contribution in [3.05, 3.63) is 23.8 Å². The quantitative estimate of drug-likeness (QED) is 0.811. The third-order valence-corrected chi connectivity index (χ3v) is 2.23. The number of nitrogen functional groups attached to an aromatic ring is 1. The van der Waals surface area contributed by atoms with Gasteiger partial charge in [-0.15, -0.1) is 0 Å². The van der Waals surface area contributed by atoms with Gasteiger partial charge in [0.2, 0.25) is 0 Å². The summed E-state index contributed by atoms with van der Waals surface area (Å²) in [4.78, 5) is 0. The van der Waals surface area contributed by atoms with Crippen molar-refractivity contribution in [3.8, 4) is 28.9 Å². The zero-order valence-corrected chi connectivity index (χ0v) is 8.97. The van der Waals surface area contributed by atoms with Gasteiger partial charge in [0.1, 0.15) is 17.6 Å². The fourth-order valence-electron chi connectivity index (χ4n) is 1.44. The fraction of sp³-hybridized carbons (Fsp3) is 0.0909. The summed E-state index contributed by atoms with van der Waals surface area (Å²) < 4.78 is 9.88. The molecule has 0 aliphatic heterocycles. The minimum Gasteiger partial charge on any atom is -0.507 e. The van der Waals surface area contributed by atoms with Crippen LogP contribution in [0.25, 0.3) is 11.3 Å². The van der Waals surface area contributed by atoms with Gasteiger partial charge in [-0.2, -0.15) is 5.26 Å². The van der Waals surface area contributed by atoms with Crippen LogP contribution in [0.5, 0.6) is 11.5 Å². The number of hydrogen-bond donors (Lipinski definition) is 2. The van der Waals surface area contributed by atoms with Crippen molar-refractivity contribution in [3.63, 3.8) is 0 Å². The first kappa shape index (κ1) is 10.8. The van der Waals surface area contributed by atoms with Crippen LogP contribution in [0.1, 0.15) is 5.56 Å². The molecule has 0 bridgehead atoms. The van der Waals surface area contributed by atoms with Crippen LogP contribution in [0.4, 0.5) is 5.82 Å². The summed E-state index contributed by atoms with van der Waals surface area (Å²) in [6, 6.07) is 6.21. The Hall–Kier alpha value is -2.68. The second-order valence-corrected chi connectivity index (χ2v) is 3.30. The lowest BCUT2D eigenvalue weighted by Gasteiger charge is -2.06. The Morgan fingerprint density at radius 2 is 2.24 bits per heavy atom. The molecule has 17 heavy (non-hydrogen) atoms. The third-order valence-electron chi connectivity index (χ3n) is 2.23. The average Bonchev–Trinajstić information content (AvgIpc) is 2.75. The highest BCUT2D eigenvalue weighted by atomic mass is 16.5. The Morgan fingerprint density at radius 3 is 2.76 bits per heavy atom. The standard InChI is InChI=1S/C11H9N3O3/c1-16-9-3-8(15)7(2-6(9)5-12)10-4-11(13)14-17-10/h2-4,15H,1H3,(H2,13,14). The second kappa shape index (κ2) is 4.06. The SMILES string of the molecule is COc1cc(O)c(-c2cc(N)no2)cc1C#N. The molecule has 0 radical (unpaired) electrons. The Labute approximate surface area is 96.8 Å². The number of aromatic hydroxyl groups is 1. The van der Waals surface area contributed by atoms with E-state index in [-0.39, 0.29) is 17.1 Å². The lowest BCUT2D eigenvalue weighted by atomic mass is 10.1. The van der Waals surface area contributed by atoms with Gasteiger partial charge in [-0.25, -0.2) is 0 Å². The van der Waals surface area contributed by atoms with E-state index < -0.39 is 0 Å². The van der Waals surface area contributed by atoms with Crippen molar-refractivity contribution >= 4 is 5.82 Å². The van der Waals surface area contributed by atoms with Crippen molar-refractivity contribution in [2.24, 2.45) is 0 Å². The monoisotopic (exact) mass is 231 g/mol. The van der Waals surface area contributed by atoms with Crippen molar-refractivity contribution in [2.45, 2.75) is 0 Å². The lowest BCUT2D eigenvalue weighted by molar-refractivity contribution is 0.404. The van der Waals surface area contributed by atoms with Crippen LogP contribution in [0.15, 0.2) is 22.7 Å². The normalized spacial score (nSPS) is 9.88. The van der Waals surface area contributed by atoms with E-state index in [0.29, 0.717) is 17.1 Å². The Bertz CT molecular complexity index is 598. The summed E-state index contributed by atoms with van der Waals surface area (Å²) >= 11 is 0. The van der Waals surface area contributed by atoms with E-state index in [9.17, 15) is 5.11 Å². The van der Waals surface area contributed by atoms with Gasteiger partial charge in [0.05, 0.1) is 18.2 Å². The predicted molar refractivity (Wildman–Crippen MR) is 59.3 cm³/mol. The van der Waals surface area contributed by atoms with Crippen molar-refractivity contribution in [1.82, 2.24) is 5.16 Å². The van der Waals surface area contributed by atoms with E-state index in [1.807, 2.05) is 6.07 Å². The van der Waals surface area contributed by atoms with Crippen molar-refractivity contribution in [2.75, 3.05) is 12.8 Å². The molecular weight excluding hydrogens is 222 g/mol. The maximum atomic E-state index is 9.79. The van der Waals surface area contributed by atoms with Gasteiger partial charge in [0.15, 0.2) is 11.6 Å². The number of rotatable bonds is 2. The molecule has 1 aromatic heterocycles. The summed E-state index contributed by atoms with van der Waals surface area (Å²) in [7, 11) is 1.42. The molecule has 0 fully saturated rings. The highest BCUT2D eigenvalue weighted by Gasteiger charge is 2.14. The number of nitrogens with two attached hydrogens (primary N) is 1. The smallest absolute Gasteiger partial charge is 0.172 e. The molecule has 0 saturated heterocycles. The fourth-order valence-corrected chi connectivity index (χ4v) is 1.44. The molecule has 3 N–H and O–H groups in total. The van der Waals surface area contributed by atoms with Crippen molar-refractivity contribution < 1.29 is 14.4 Å². The number of phenolic OH excluding ortho intramolecular Hbond substituents is 1. The number of benzene rings is 1. The summed E-state index contributed by atoms with van der Waals surface area (Å²) in [5.74, 6) is 0.714. The van der Waals surface area contributed by atoms with E-state index in [1.165, 1.54) is 25.3 Å². The van der Waals surface area contributed by atoms with Gasteiger partial charge in [0, 0.05) is 12.1 Å². The number of nitriles is 1. The van der Waals surface area contributed by atoms with E-state index in [1.54, 1.807) is 0 Å². The number of methoxy groups -OCH3 is 1. The van der Waals surface area contributed by atoms with Crippen LogP contribution in [0, 0.1) is 11.3 Å². The molecule has 0 atom stereocenters. The molecule has 0 saturated carbocycles. The van der Waals surface area contributed by atoms with Crippen LogP contribution in [-0.4, -0.2) is 17.4 Å². The summed E-state index contributed by atoms with van der Waals surface area (Å²) in [6.45, 7) is 0. The van der Waals surface area contributed by atoms with Gasteiger partial charge < -0.3 is 20.1 Å².